The van der Waals surface area contributed by atoms with Gasteiger partial charge in [0.25, 0.3) is 0 Å². The second-order valence-corrected chi connectivity index (χ2v) is 3.52. The molecule has 1 fully saturated rings. The zero-order valence-corrected chi connectivity index (χ0v) is 8.10. The van der Waals surface area contributed by atoms with Crippen LogP contribution in [0, 0.1) is 0 Å². The SMILES string of the molecule is CCC1(O)CN(C(=O)CBr)C1. The van der Waals surface area contributed by atoms with E-state index in [0.29, 0.717) is 18.4 Å². The summed E-state index contributed by atoms with van der Waals surface area (Å²) in [5.74, 6) is 0.0584. The second kappa shape index (κ2) is 3.11. The van der Waals surface area contributed by atoms with Crippen LogP contribution < -0.4 is 0 Å². The lowest BCUT2D eigenvalue weighted by atomic mass is 9.91. The first kappa shape index (κ1) is 9.00. The Labute approximate surface area is 74.5 Å². The minimum Gasteiger partial charge on any atom is -0.386 e. The van der Waals surface area contributed by atoms with E-state index in [2.05, 4.69) is 15.9 Å². The van der Waals surface area contributed by atoms with Crippen molar-refractivity contribution in [3.63, 3.8) is 0 Å². The van der Waals surface area contributed by atoms with E-state index in [1.807, 2.05) is 6.92 Å². The van der Waals surface area contributed by atoms with Crippen LogP contribution >= 0.6 is 15.9 Å². The molecule has 4 heteroatoms. The van der Waals surface area contributed by atoms with Crippen LogP contribution in [0.1, 0.15) is 13.3 Å². The minimum absolute atomic E-state index is 0.0584. The van der Waals surface area contributed by atoms with Crippen molar-refractivity contribution >= 4 is 21.8 Å². The molecule has 0 unspecified atom stereocenters. The van der Waals surface area contributed by atoms with Gasteiger partial charge in [-0.15, -0.1) is 0 Å². The molecule has 1 aliphatic heterocycles. The highest BCUT2D eigenvalue weighted by molar-refractivity contribution is 9.09. The van der Waals surface area contributed by atoms with E-state index in [1.165, 1.54) is 0 Å². The summed E-state index contributed by atoms with van der Waals surface area (Å²) < 4.78 is 0. The van der Waals surface area contributed by atoms with Crippen LogP contribution in [-0.2, 0) is 4.79 Å². The molecule has 0 aromatic heterocycles. The van der Waals surface area contributed by atoms with Gasteiger partial charge in [-0.2, -0.15) is 0 Å². The average Bonchev–Trinajstić information content (AvgIpc) is 1.97. The van der Waals surface area contributed by atoms with E-state index >= 15 is 0 Å². The first-order valence-corrected chi connectivity index (χ1v) is 4.79. The Kier molecular flexibility index (Phi) is 2.54. The molecule has 1 amide bonds. The Bertz CT molecular complexity index is 166. The maximum atomic E-state index is 11.0. The predicted octanol–water partition coefficient (Wildman–Crippen LogP) is 0.365. The van der Waals surface area contributed by atoms with Gasteiger partial charge < -0.3 is 10.0 Å². The number of hydrogen-bond donors (Lipinski definition) is 1. The summed E-state index contributed by atoms with van der Waals surface area (Å²) in [6.45, 7) is 2.91. The molecule has 1 saturated heterocycles. The van der Waals surface area contributed by atoms with Gasteiger partial charge in [-0.3, -0.25) is 4.79 Å². The predicted molar refractivity (Wildman–Crippen MR) is 45.6 cm³/mol. The van der Waals surface area contributed by atoms with E-state index in [-0.39, 0.29) is 5.91 Å². The van der Waals surface area contributed by atoms with Gasteiger partial charge >= 0.3 is 0 Å². The molecule has 0 bridgehead atoms. The molecule has 3 nitrogen and oxygen atoms in total. The smallest absolute Gasteiger partial charge is 0.233 e. The molecule has 0 radical (unpaired) electrons. The van der Waals surface area contributed by atoms with E-state index in [1.54, 1.807) is 4.90 Å². The second-order valence-electron chi connectivity index (χ2n) is 2.96. The van der Waals surface area contributed by atoms with Gasteiger partial charge in [-0.1, -0.05) is 22.9 Å². The van der Waals surface area contributed by atoms with Gasteiger partial charge in [0.05, 0.1) is 24.0 Å². The summed E-state index contributed by atoms with van der Waals surface area (Å²) in [7, 11) is 0. The quantitative estimate of drug-likeness (QED) is 0.685. The summed E-state index contributed by atoms with van der Waals surface area (Å²) in [5, 5.41) is 9.88. The zero-order chi connectivity index (χ0) is 8.48. The van der Waals surface area contributed by atoms with Crippen molar-refractivity contribution in [1.82, 2.24) is 4.90 Å². The van der Waals surface area contributed by atoms with Crippen molar-refractivity contribution in [3.8, 4) is 0 Å². The number of halogens is 1. The van der Waals surface area contributed by atoms with Crippen molar-refractivity contribution in [1.29, 1.82) is 0 Å². The minimum atomic E-state index is -0.599. The van der Waals surface area contributed by atoms with Gasteiger partial charge in [0.15, 0.2) is 0 Å². The molecular weight excluding hydrogens is 210 g/mol. The number of amides is 1. The molecule has 1 aliphatic rings. The van der Waals surface area contributed by atoms with Crippen LogP contribution in [0.5, 0.6) is 0 Å². The highest BCUT2D eigenvalue weighted by Gasteiger charge is 2.41. The molecule has 11 heavy (non-hydrogen) atoms. The third-order valence-corrected chi connectivity index (χ3v) is 2.58. The summed E-state index contributed by atoms with van der Waals surface area (Å²) in [4.78, 5) is 12.6. The highest BCUT2D eigenvalue weighted by atomic mass is 79.9. The zero-order valence-electron chi connectivity index (χ0n) is 6.51. The molecule has 0 spiro atoms. The van der Waals surface area contributed by atoms with Gasteiger partial charge in [0, 0.05) is 0 Å². The van der Waals surface area contributed by atoms with Crippen molar-refractivity contribution in [2.24, 2.45) is 0 Å². The Morgan fingerprint density at radius 1 is 1.73 bits per heavy atom. The maximum Gasteiger partial charge on any atom is 0.233 e. The lowest BCUT2D eigenvalue weighted by Crippen LogP contribution is -2.63. The van der Waals surface area contributed by atoms with E-state index in [0.717, 1.165) is 6.42 Å². The van der Waals surface area contributed by atoms with Gasteiger partial charge in [-0.25, -0.2) is 0 Å². The number of hydrogen-bond acceptors (Lipinski definition) is 2. The Hall–Kier alpha value is -0.0900. The van der Waals surface area contributed by atoms with Crippen molar-refractivity contribution < 1.29 is 9.90 Å². The fraction of sp³-hybridized carbons (Fsp3) is 0.857. The number of nitrogens with zero attached hydrogens (tertiary/aromatic N) is 1. The Morgan fingerprint density at radius 3 is 2.64 bits per heavy atom. The standard InChI is InChI=1S/C7H12BrNO2/c1-2-7(11)4-9(5-7)6(10)3-8/h11H,2-5H2,1H3. The van der Waals surface area contributed by atoms with Crippen LogP contribution in [0.25, 0.3) is 0 Å². The number of rotatable bonds is 2. The summed E-state index contributed by atoms with van der Waals surface area (Å²) in [5.41, 5.74) is -0.599. The Balaban J connectivity index is 2.34. The first-order chi connectivity index (χ1) is 5.11. The van der Waals surface area contributed by atoms with Crippen LogP contribution in [-0.4, -0.2) is 39.9 Å². The number of likely N-dealkylation sites (tertiary alicyclic amines) is 1. The molecular formula is C7H12BrNO2. The molecule has 0 aromatic carbocycles. The normalized spacial score (nSPS) is 21.2. The van der Waals surface area contributed by atoms with Crippen molar-refractivity contribution in [3.05, 3.63) is 0 Å². The first-order valence-electron chi connectivity index (χ1n) is 3.67. The topological polar surface area (TPSA) is 40.5 Å². The van der Waals surface area contributed by atoms with E-state index in [9.17, 15) is 9.90 Å². The summed E-state index contributed by atoms with van der Waals surface area (Å²) >= 11 is 3.08. The molecule has 1 heterocycles. The summed E-state index contributed by atoms with van der Waals surface area (Å²) in [6, 6.07) is 0. The highest BCUT2D eigenvalue weighted by Crippen LogP contribution is 2.23. The molecule has 0 atom stereocenters. The fourth-order valence-corrected chi connectivity index (χ4v) is 1.50. The van der Waals surface area contributed by atoms with E-state index in [4.69, 9.17) is 0 Å². The monoisotopic (exact) mass is 221 g/mol. The van der Waals surface area contributed by atoms with Crippen molar-refractivity contribution in [2.45, 2.75) is 18.9 Å². The molecule has 64 valence electrons. The maximum absolute atomic E-state index is 11.0. The van der Waals surface area contributed by atoms with Crippen LogP contribution in [0.2, 0.25) is 0 Å². The van der Waals surface area contributed by atoms with Crippen LogP contribution in [0.3, 0.4) is 0 Å². The average molecular weight is 222 g/mol. The molecule has 0 aromatic rings. The summed E-state index contributed by atoms with van der Waals surface area (Å²) in [6.07, 6.45) is 0.721. The number of carbonyl (C=O) groups is 1. The molecule has 0 saturated carbocycles. The molecule has 1 rings (SSSR count). The lowest BCUT2D eigenvalue weighted by Gasteiger charge is -2.45. The largest absolute Gasteiger partial charge is 0.386 e. The number of β-amino-alcohol motifs (C(OH)–C–C–N with tert-alkyl or cyclic N) is 1. The van der Waals surface area contributed by atoms with Gasteiger partial charge in [0.1, 0.15) is 0 Å². The third kappa shape index (κ3) is 1.73. The van der Waals surface area contributed by atoms with E-state index < -0.39 is 5.60 Å². The van der Waals surface area contributed by atoms with Gasteiger partial charge in [0.2, 0.25) is 5.91 Å². The number of aliphatic hydroxyl groups is 1. The van der Waals surface area contributed by atoms with Crippen LogP contribution in [0.4, 0.5) is 0 Å². The van der Waals surface area contributed by atoms with Crippen LogP contribution in [0.15, 0.2) is 0 Å². The molecule has 1 N–H and O–H groups in total. The number of alkyl halides is 1. The fourth-order valence-electron chi connectivity index (χ4n) is 1.15. The lowest BCUT2D eigenvalue weighted by molar-refractivity contribution is -0.152. The van der Waals surface area contributed by atoms with Crippen molar-refractivity contribution in [2.75, 3.05) is 18.4 Å². The Morgan fingerprint density at radius 2 is 2.27 bits per heavy atom. The molecule has 0 aliphatic carbocycles. The van der Waals surface area contributed by atoms with Gasteiger partial charge in [-0.05, 0) is 6.42 Å². The number of carbonyl (C=O) groups excluding carboxylic acids is 1. The third-order valence-electron chi connectivity index (χ3n) is 2.10.